The molecule has 2 aromatic carbocycles. The predicted octanol–water partition coefficient (Wildman–Crippen LogP) is 6.98. The average molecular weight is 752 g/mol. The van der Waals surface area contributed by atoms with Crippen LogP contribution >= 0.6 is 38.6 Å². The zero-order valence-electron chi connectivity index (χ0n) is 25.0. The van der Waals surface area contributed by atoms with Gasteiger partial charge in [-0.25, -0.2) is 9.97 Å². The molecule has 0 aliphatic rings. The molecule has 0 unspecified atom stereocenters. The summed E-state index contributed by atoms with van der Waals surface area (Å²) < 4.78 is 14.4. The number of alkyl halides is 1. The van der Waals surface area contributed by atoms with Crippen LogP contribution in [0.4, 0.5) is 16.8 Å². The number of nitro groups is 2. The second-order valence-electron chi connectivity index (χ2n) is 9.48. The highest BCUT2D eigenvalue weighted by Crippen LogP contribution is 2.32. The maximum Gasteiger partial charge on any atom is 0.363 e. The lowest BCUT2D eigenvalue weighted by molar-refractivity contribution is -0.389. The van der Waals surface area contributed by atoms with E-state index in [-0.39, 0.29) is 22.7 Å². The van der Waals surface area contributed by atoms with Crippen molar-refractivity contribution in [2.75, 3.05) is 25.3 Å². The fourth-order valence-corrected chi connectivity index (χ4v) is 6.30. The van der Waals surface area contributed by atoms with Gasteiger partial charge in [0, 0.05) is 23.9 Å². The lowest BCUT2D eigenvalue weighted by Gasteiger charge is -1.98. The van der Waals surface area contributed by atoms with E-state index >= 15 is 0 Å². The first-order valence-corrected chi connectivity index (χ1v) is 16.3. The van der Waals surface area contributed by atoms with Crippen molar-refractivity contribution in [3.63, 3.8) is 0 Å². The van der Waals surface area contributed by atoms with E-state index in [2.05, 4.69) is 35.9 Å². The van der Waals surface area contributed by atoms with E-state index in [1.807, 2.05) is 47.0 Å². The Bertz CT molecular complexity index is 2250. The normalized spacial score (nSPS) is 10.6. The largest absolute Gasteiger partial charge is 0.497 e. The van der Waals surface area contributed by atoms with Gasteiger partial charge in [0.1, 0.15) is 17.7 Å². The van der Waals surface area contributed by atoms with E-state index in [9.17, 15) is 25.0 Å². The zero-order chi connectivity index (χ0) is 34.4. The van der Waals surface area contributed by atoms with Crippen LogP contribution in [0.25, 0.3) is 36.7 Å². The number of methoxy groups -OCH3 is 2. The molecule has 18 heteroatoms. The van der Waals surface area contributed by atoms with Gasteiger partial charge in [0.05, 0.1) is 51.2 Å². The summed E-state index contributed by atoms with van der Waals surface area (Å²) in [6, 6.07) is 17.2. The molecule has 0 aliphatic carbocycles. The van der Waals surface area contributed by atoms with Crippen molar-refractivity contribution < 1.29 is 24.1 Å². The second-order valence-corrected chi connectivity index (χ2v) is 12.1. The highest BCUT2D eigenvalue weighted by Gasteiger charge is 2.14. The number of Topliss-reactive ketones (excluding diaryl/α,β-unsaturated/α-hetero) is 1. The lowest BCUT2D eigenvalue weighted by atomic mass is 10.2. The molecule has 0 saturated heterocycles. The Kier molecular flexibility index (Phi) is 10.5. The van der Waals surface area contributed by atoms with Crippen LogP contribution in [-0.4, -0.2) is 59.5 Å². The van der Waals surface area contributed by atoms with Gasteiger partial charge in [-0.3, -0.25) is 9.20 Å². The third kappa shape index (κ3) is 7.68. The van der Waals surface area contributed by atoms with Crippen molar-refractivity contribution in [1.29, 1.82) is 0 Å². The quantitative estimate of drug-likeness (QED) is 0.0758. The molecular formula is C30H23BrN8O7S2. The number of halogens is 1. The summed E-state index contributed by atoms with van der Waals surface area (Å²) in [5.41, 5.74) is 9.36. The van der Waals surface area contributed by atoms with Crippen LogP contribution in [0, 0.1) is 20.2 Å². The molecule has 2 N–H and O–H groups in total. The number of rotatable bonds is 7. The fourth-order valence-electron chi connectivity index (χ4n) is 4.18. The number of aromatic nitrogens is 5. The van der Waals surface area contributed by atoms with Gasteiger partial charge in [-0.05, 0) is 68.3 Å². The predicted molar refractivity (Wildman–Crippen MR) is 187 cm³/mol. The number of nitrogen functional groups attached to an aromatic ring is 1. The molecule has 5 aromatic heterocycles. The van der Waals surface area contributed by atoms with Crippen molar-refractivity contribution >= 4 is 86.5 Å². The summed E-state index contributed by atoms with van der Waals surface area (Å²) in [6.45, 7) is 0. The molecule has 0 aliphatic heterocycles. The first-order valence-electron chi connectivity index (χ1n) is 13.6. The Morgan fingerprint density at radius 3 is 2.10 bits per heavy atom. The molecule has 0 spiro atoms. The number of carbonyl (C=O) groups is 1. The maximum absolute atomic E-state index is 11.0. The monoisotopic (exact) mass is 750 g/mol. The smallest absolute Gasteiger partial charge is 0.363 e. The summed E-state index contributed by atoms with van der Waals surface area (Å²) in [5.74, 6) is 1.06. The third-order valence-electron chi connectivity index (χ3n) is 6.52. The fraction of sp³-hybridized carbons (Fsp3) is 0.100. The first kappa shape index (κ1) is 33.8. The highest BCUT2D eigenvalue weighted by molar-refractivity contribution is 9.09. The number of fused-ring (bicyclic) bond motifs is 4. The molecule has 48 heavy (non-hydrogen) atoms. The summed E-state index contributed by atoms with van der Waals surface area (Å²) in [7, 11) is 3.28. The number of thiazole rings is 2. The van der Waals surface area contributed by atoms with Crippen molar-refractivity contribution in [2.45, 2.75) is 0 Å². The van der Waals surface area contributed by atoms with E-state index < -0.39 is 9.85 Å². The number of nitrogens with two attached hydrogens (primary N) is 1. The SMILES string of the molecule is COc1ccc2c(c1)sc1nc(-c3ccc([N+](=O)[O-])nc3)cn12.COc1ccc2nc(N)sc2c1.O=C(CBr)c1ccc([N+](=O)[O-])nc1. The maximum atomic E-state index is 11.0. The Labute approximate surface area is 287 Å². The first-order chi connectivity index (χ1) is 23.1. The van der Waals surface area contributed by atoms with Crippen molar-refractivity contribution in [1.82, 2.24) is 24.3 Å². The number of nitrogens with zero attached hydrogens (tertiary/aromatic N) is 7. The second kappa shape index (κ2) is 14.9. The molecule has 0 radical (unpaired) electrons. The minimum atomic E-state index is -0.609. The van der Waals surface area contributed by atoms with Gasteiger partial charge in [-0.15, -0.1) is 0 Å². The van der Waals surface area contributed by atoms with Crippen LogP contribution in [-0.2, 0) is 0 Å². The number of ketones is 1. The topological polar surface area (TPSA) is 204 Å². The Hall–Kier alpha value is -5.59. The third-order valence-corrected chi connectivity index (χ3v) is 8.90. The van der Waals surface area contributed by atoms with Gasteiger partial charge in [0.2, 0.25) is 0 Å². The minimum Gasteiger partial charge on any atom is -0.497 e. The molecule has 0 amide bonds. The van der Waals surface area contributed by atoms with Crippen LogP contribution in [0.3, 0.4) is 0 Å². The molecular weight excluding hydrogens is 728 g/mol. The Morgan fingerprint density at radius 2 is 1.52 bits per heavy atom. The number of hydrogen-bond donors (Lipinski definition) is 1. The van der Waals surface area contributed by atoms with Gasteiger partial charge in [-0.2, -0.15) is 0 Å². The minimum absolute atomic E-state index is 0.151. The van der Waals surface area contributed by atoms with Crippen LogP contribution in [0.2, 0.25) is 0 Å². The van der Waals surface area contributed by atoms with Gasteiger partial charge in [0.25, 0.3) is 0 Å². The summed E-state index contributed by atoms with van der Waals surface area (Å²) in [4.78, 5) is 47.7. The van der Waals surface area contributed by atoms with Crippen molar-refractivity contribution in [3.05, 3.63) is 105 Å². The van der Waals surface area contributed by atoms with E-state index in [0.717, 1.165) is 48.2 Å². The summed E-state index contributed by atoms with van der Waals surface area (Å²) in [6.07, 6.45) is 4.57. The lowest BCUT2D eigenvalue weighted by Crippen LogP contribution is -2.01. The summed E-state index contributed by atoms with van der Waals surface area (Å²) in [5, 5.41) is 21.6. The number of hydrogen-bond acceptors (Lipinski definition) is 14. The molecule has 0 saturated carbocycles. The number of pyridine rings is 2. The van der Waals surface area contributed by atoms with E-state index in [1.165, 1.54) is 41.9 Å². The Morgan fingerprint density at radius 1 is 0.875 bits per heavy atom. The molecule has 5 heterocycles. The molecule has 15 nitrogen and oxygen atoms in total. The number of benzene rings is 2. The van der Waals surface area contributed by atoms with Gasteiger partial charge >= 0.3 is 11.6 Å². The molecule has 244 valence electrons. The highest BCUT2D eigenvalue weighted by atomic mass is 79.9. The van der Waals surface area contributed by atoms with Crippen LogP contribution in [0.1, 0.15) is 10.4 Å². The van der Waals surface area contributed by atoms with Crippen LogP contribution in [0.5, 0.6) is 11.5 Å². The van der Waals surface area contributed by atoms with E-state index in [0.29, 0.717) is 10.7 Å². The molecule has 7 rings (SSSR count). The summed E-state index contributed by atoms with van der Waals surface area (Å²) >= 11 is 6.01. The van der Waals surface area contributed by atoms with Gasteiger partial charge < -0.3 is 35.4 Å². The van der Waals surface area contributed by atoms with Gasteiger partial charge in [-0.1, -0.05) is 38.6 Å². The van der Waals surface area contributed by atoms with Gasteiger partial charge in [0.15, 0.2) is 22.1 Å². The van der Waals surface area contributed by atoms with Crippen LogP contribution in [0.15, 0.2) is 79.3 Å². The molecule has 0 bridgehead atoms. The number of anilines is 1. The molecule has 0 atom stereocenters. The average Bonchev–Trinajstić information content (AvgIpc) is 3.79. The number of carbonyl (C=O) groups excluding carboxylic acids is 1. The molecule has 0 fully saturated rings. The zero-order valence-corrected chi connectivity index (χ0v) is 28.2. The van der Waals surface area contributed by atoms with E-state index in [4.69, 9.17) is 15.2 Å². The molecule has 7 aromatic rings. The number of imidazole rings is 1. The van der Waals surface area contributed by atoms with Crippen molar-refractivity contribution in [3.8, 4) is 22.8 Å². The van der Waals surface area contributed by atoms with Crippen molar-refractivity contribution in [2.24, 2.45) is 0 Å². The van der Waals surface area contributed by atoms with Crippen LogP contribution < -0.4 is 15.2 Å². The Balaban J connectivity index is 0.000000154. The standard InChI is InChI=1S/C15H10N4O3S.C8H8N2OS.C7H5BrN2O3/c1-22-10-3-4-12-13(6-10)23-15-17-11(8-18(12)15)9-2-5-14(16-7-9)19(20)21;1-11-5-2-3-6-7(4-5)12-8(9)10-6;8-3-6(11)5-1-2-7(9-4-5)10(12)13/h2-8H,1H3;2-4H,1H3,(H2,9,10);1-2,4H,3H2. The number of ether oxygens (including phenoxy) is 2. The van der Waals surface area contributed by atoms with E-state index in [1.54, 1.807) is 31.6 Å².